The lowest BCUT2D eigenvalue weighted by Crippen LogP contribution is -2.44. The fourth-order valence-corrected chi connectivity index (χ4v) is 5.56. The van der Waals surface area contributed by atoms with Gasteiger partial charge in [-0.05, 0) is 43.4 Å². The molecule has 4 heterocycles. The van der Waals surface area contributed by atoms with Crippen LogP contribution in [0.4, 0.5) is 29.5 Å². The molecule has 0 unspecified atom stereocenters. The number of imidazole rings is 1. The van der Waals surface area contributed by atoms with Crippen LogP contribution >= 0.6 is 0 Å². The maximum absolute atomic E-state index is 13.6. The largest absolute Gasteiger partial charge is 0.401 e. The van der Waals surface area contributed by atoms with Gasteiger partial charge in [0.15, 0.2) is 23.5 Å². The second kappa shape index (κ2) is 12.1. The number of alkyl halides is 3. The number of aromatic nitrogens is 4. The first kappa shape index (κ1) is 31.9. The molecule has 2 saturated heterocycles. The van der Waals surface area contributed by atoms with E-state index in [1.807, 2.05) is 24.3 Å². The van der Waals surface area contributed by atoms with Crippen LogP contribution in [0.5, 0.6) is 0 Å². The van der Waals surface area contributed by atoms with E-state index >= 15 is 0 Å². The molecule has 0 bridgehead atoms. The van der Waals surface area contributed by atoms with Gasteiger partial charge in [0.1, 0.15) is 30.2 Å². The van der Waals surface area contributed by atoms with Crippen LogP contribution in [0.2, 0.25) is 0 Å². The minimum Gasteiger partial charge on any atom is -0.382 e. The molecule has 0 saturated carbocycles. The highest BCUT2D eigenvalue weighted by molar-refractivity contribution is 5.89. The first-order valence-corrected chi connectivity index (χ1v) is 14.5. The molecular formula is C29H39F3N8O4. The number of ether oxygens (including phenoxy) is 3. The molecule has 240 valence electrons. The SMILES string of the molecule is CC1(C)O[C@@H]2[C@H](O1)[C@@H](CN(CCCNC(=O)Nc1ccc(C(C)(C)C)cc1)CC(F)(F)F)O[C@H]2n1cnc2c(N)ncnc21. The van der Waals surface area contributed by atoms with Crippen molar-refractivity contribution < 1.29 is 32.2 Å². The van der Waals surface area contributed by atoms with E-state index in [1.54, 1.807) is 18.4 Å². The number of fused-ring (bicyclic) bond motifs is 2. The van der Waals surface area contributed by atoms with Gasteiger partial charge in [0, 0.05) is 25.3 Å². The number of anilines is 2. The lowest BCUT2D eigenvalue weighted by atomic mass is 9.87. The Labute approximate surface area is 253 Å². The van der Waals surface area contributed by atoms with E-state index < -0.39 is 49.1 Å². The number of nitrogens with one attached hydrogen (secondary N) is 2. The van der Waals surface area contributed by atoms with Gasteiger partial charge in [-0.2, -0.15) is 13.2 Å². The Kier molecular flexibility index (Phi) is 8.77. The Hall–Kier alpha value is -3.53. The number of nitrogen functional groups attached to an aromatic ring is 1. The van der Waals surface area contributed by atoms with Crippen molar-refractivity contribution >= 4 is 28.7 Å². The number of hydrogen-bond donors (Lipinski definition) is 3. The molecule has 12 nitrogen and oxygen atoms in total. The van der Waals surface area contributed by atoms with Crippen LogP contribution in [-0.4, -0.2) is 86.9 Å². The molecule has 4 N–H and O–H groups in total. The van der Waals surface area contributed by atoms with Crippen LogP contribution in [0.1, 0.15) is 52.8 Å². The topological polar surface area (TPSA) is 142 Å². The number of halogens is 3. The Morgan fingerprint density at radius 1 is 1.09 bits per heavy atom. The highest BCUT2D eigenvalue weighted by Gasteiger charge is 2.56. The molecule has 1 aromatic carbocycles. The van der Waals surface area contributed by atoms with Gasteiger partial charge in [-0.1, -0.05) is 32.9 Å². The van der Waals surface area contributed by atoms with E-state index in [0.29, 0.717) is 16.9 Å². The minimum atomic E-state index is -4.44. The monoisotopic (exact) mass is 620 g/mol. The van der Waals surface area contributed by atoms with Crippen molar-refractivity contribution in [2.24, 2.45) is 0 Å². The second-order valence-electron chi connectivity index (χ2n) is 12.6. The molecule has 2 fully saturated rings. The van der Waals surface area contributed by atoms with Crippen LogP contribution in [0.3, 0.4) is 0 Å². The zero-order chi connectivity index (χ0) is 31.9. The highest BCUT2D eigenvalue weighted by atomic mass is 19.4. The van der Waals surface area contributed by atoms with Gasteiger partial charge >= 0.3 is 12.2 Å². The fourth-order valence-electron chi connectivity index (χ4n) is 5.56. The molecular weight excluding hydrogens is 581 g/mol. The Morgan fingerprint density at radius 2 is 1.80 bits per heavy atom. The van der Waals surface area contributed by atoms with Crippen LogP contribution in [-0.2, 0) is 19.6 Å². The summed E-state index contributed by atoms with van der Waals surface area (Å²) in [7, 11) is 0. The summed E-state index contributed by atoms with van der Waals surface area (Å²) >= 11 is 0. The third-order valence-electron chi connectivity index (χ3n) is 7.57. The van der Waals surface area contributed by atoms with Crippen LogP contribution in [0.25, 0.3) is 11.2 Å². The van der Waals surface area contributed by atoms with Crippen LogP contribution in [0, 0.1) is 0 Å². The Morgan fingerprint density at radius 3 is 2.48 bits per heavy atom. The quantitative estimate of drug-likeness (QED) is 0.300. The zero-order valence-corrected chi connectivity index (χ0v) is 25.4. The summed E-state index contributed by atoms with van der Waals surface area (Å²) < 4.78 is 61.0. The van der Waals surface area contributed by atoms with Gasteiger partial charge in [0.05, 0.1) is 12.9 Å². The van der Waals surface area contributed by atoms with Gasteiger partial charge in [-0.15, -0.1) is 0 Å². The molecule has 44 heavy (non-hydrogen) atoms. The predicted molar refractivity (Wildman–Crippen MR) is 157 cm³/mol. The number of amides is 2. The van der Waals surface area contributed by atoms with Crippen molar-refractivity contribution in [1.82, 2.24) is 29.7 Å². The van der Waals surface area contributed by atoms with Crippen LogP contribution < -0.4 is 16.4 Å². The third kappa shape index (κ3) is 7.39. The summed E-state index contributed by atoms with van der Waals surface area (Å²) in [6.45, 7) is 8.80. The van der Waals surface area contributed by atoms with E-state index in [1.165, 1.54) is 17.6 Å². The van der Waals surface area contributed by atoms with E-state index in [0.717, 1.165) is 5.56 Å². The molecule has 0 aliphatic carbocycles. The molecule has 3 aromatic rings. The lowest BCUT2D eigenvalue weighted by molar-refractivity contribution is -0.201. The van der Waals surface area contributed by atoms with Gasteiger partial charge < -0.3 is 30.6 Å². The average molecular weight is 621 g/mol. The van der Waals surface area contributed by atoms with E-state index in [9.17, 15) is 18.0 Å². The van der Waals surface area contributed by atoms with Gasteiger partial charge in [-0.3, -0.25) is 9.47 Å². The predicted octanol–water partition coefficient (Wildman–Crippen LogP) is 4.20. The number of nitrogens with two attached hydrogens (primary N) is 1. The number of hydrogen-bond acceptors (Lipinski definition) is 9. The molecule has 4 atom stereocenters. The maximum atomic E-state index is 13.6. The van der Waals surface area contributed by atoms with Crippen molar-refractivity contribution in [2.75, 3.05) is 37.2 Å². The second-order valence-corrected chi connectivity index (χ2v) is 12.6. The summed E-state index contributed by atoms with van der Waals surface area (Å²) in [6.07, 6.45) is -4.14. The Balaban J connectivity index is 1.21. The molecule has 2 aromatic heterocycles. The van der Waals surface area contributed by atoms with Crippen molar-refractivity contribution in [3.05, 3.63) is 42.5 Å². The number of benzene rings is 1. The summed E-state index contributed by atoms with van der Waals surface area (Å²) in [5.41, 5.74) is 8.47. The van der Waals surface area contributed by atoms with Gasteiger partial charge in [0.25, 0.3) is 0 Å². The van der Waals surface area contributed by atoms with Crippen molar-refractivity contribution in [2.45, 2.75) is 83.0 Å². The highest BCUT2D eigenvalue weighted by Crippen LogP contribution is 2.44. The average Bonchev–Trinajstić information content (AvgIpc) is 3.57. The standard InChI is InChI=1S/C29H39F3N8O4/c1-27(2,3)17-7-9-18(10-8-17)38-26(41)34-11-6-12-39(14-29(30,31)32)13-19-21-22(44-28(4,5)43-21)25(42-19)40-16-37-20-23(33)35-15-36-24(20)40/h7-10,15-16,19,21-22,25H,6,11-14H2,1-5H3,(H2,33,35,36)(H2,34,38,41)/t19-,21-,22-,25-/m1/s1. The molecule has 2 aliphatic rings. The number of carbonyl (C=O) groups is 1. The normalized spacial score (nSPS) is 23.3. The van der Waals surface area contributed by atoms with Gasteiger partial charge in [-0.25, -0.2) is 19.7 Å². The van der Waals surface area contributed by atoms with Crippen molar-refractivity contribution in [3.63, 3.8) is 0 Å². The van der Waals surface area contributed by atoms with Gasteiger partial charge in [0.2, 0.25) is 0 Å². The summed E-state index contributed by atoms with van der Waals surface area (Å²) in [5, 5.41) is 5.47. The van der Waals surface area contributed by atoms with Crippen LogP contribution in [0.15, 0.2) is 36.9 Å². The fraction of sp³-hybridized carbons (Fsp3) is 0.586. The number of urea groups is 1. The van der Waals surface area contributed by atoms with E-state index in [2.05, 4.69) is 46.4 Å². The maximum Gasteiger partial charge on any atom is 0.401 e. The molecule has 15 heteroatoms. The first-order valence-electron chi connectivity index (χ1n) is 14.5. The third-order valence-corrected chi connectivity index (χ3v) is 7.57. The molecule has 5 rings (SSSR count). The van der Waals surface area contributed by atoms with Crippen molar-refractivity contribution in [1.29, 1.82) is 0 Å². The number of nitrogens with zero attached hydrogens (tertiary/aromatic N) is 5. The number of rotatable bonds is 9. The summed E-state index contributed by atoms with van der Waals surface area (Å²) in [5.74, 6) is -0.778. The summed E-state index contributed by atoms with van der Waals surface area (Å²) in [4.78, 5) is 26.2. The number of carbonyl (C=O) groups excluding carboxylic acids is 1. The first-order chi connectivity index (χ1) is 20.6. The lowest BCUT2D eigenvalue weighted by Gasteiger charge is -2.29. The molecule has 2 amide bonds. The van der Waals surface area contributed by atoms with Crippen molar-refractivity contribution in [3.8, 4) is 0 Å². The molecule has 2 aliphatic heterocycles. The Bertz CT molecular complexity index is 1460. The minimum absolute atomic E-state index is 0.0150. The van der Waals surface area contributed by atoms with E-state index in [-0.39, 0.29) is 37.3 Å². The zero-order valence-electron chi connectivity index (χ0n) is 25.4. The van der Waals surface area contributed by atoms with E-state index in [4.69, 9.17) is 19.9 Å². The molecule has 0 spiro atoms. The molecule has 0 radical (unpaired) electrons. The summed E-state index contributed by atoms with van der Waals surface area (Å²) in [6, 6.07) is 7.10. The smallest absolute Gasteiger partial charge is 0.382 e.